The fourth-order valence-corrected chi connectivity index (χ4v) is 5.15. The van der Waals surface area contributed by atoms with Crippen molar-refractivity contribution in [2.45, 2.75) is 0 Å². The van der Waals surface area contributed by atoms with Crippen molar-refractivity contribution in [2.75, 3.05) is 35.9 Å². The lowest BCUT2D eigenvalue weighted by atomic mass is 10.2. The van der Waals surface area contributed by atoms with Gasteiger partial charge in [-0.15, -0.1) is 0 Å². The van der Waals surface area contributed by atoms with Crippen LogP contribution in [-0.4, -0.2) is 86.0 Å². The number of hydrogen-bond acceptors (Lipinski definition) is 16. The summed E-state index contributed by atoms with van der Waals surface area (Å²) in [6.07, 6.45) is 5.63. The first-order chi connectivity index (χ1) is 32.8. The van der Waals surface area contributed by atoms with Crippen LogP contribution in [0.3, 0.4) is 0 Å². The van der Waals surface area contributed by atoms with Gasteiger partial charge in [0.15, 0.2) is 0 Å². The summed E-state index contributed by atoms with van der Waals surface area (Å²) in [5.74, 6) is -3.33. The SMILES string of the molecule is COC(=O)c1cc(N)ccn1.COC(=O)c1cc(NC(=O)c2ccccc2)ccn1.O=C(Nc1ccnc(C(=O)NO)c1)c1ccccc1.O=C(Nc1ccnc(C(=O)NO)c1)c1ccccc1. The van der Waals surface area contributed by atoms with E-state index in [2.05, 4.69) is 45.4 Å². The molecular weight excluding hydrogens is 881 g/mol. The number of nitrogens with two attached hydrogens (primary N) is 1. The van der Waals surface area contributed by atoms with Crippen LogP contribution in [0.1, 0.15) is 73.0 Å². The topological polar surface area (TPSA) is 316 Å². The van der Waals surface area contributed by atoms with Crippen LogP contribution in [0, 0.1) is 0 Å². The Hall–Kier alpha value is -9.73. The molecule has 346 valence electrons. The van der Waals surface area contributed by atoms with E-state index in [1.165, 1.54) is 74.2 Å². The molecule has 0 spiro atoms. The number of nitrogens with zero attached hydrogens (tertiary/aromatic N) is 4. The molecule has 9 N–H and O–H groups in total. The molecule has 0 bridgehead atoms. The first-order valence-electron chi connectivity index (χ1n) is 19.6. The standard InChI is InChI=1S/C14H12N2O3.2C13H11N3O3.C7H8N2O2/c1-19-14(18)12-9-11(7-8-15-12)16-13(17)10-5-3-2-4-6-10;2*17-12(9-4-2-1-3-5-9)15-10-6-7-14-11(8-10)13(18)16-19;1-11-7(10)6-4-5(8)2-3-9-6/h2-9H,1H3,(H,15,16,17);2*1-8,19H,(H,16,18)(H,14,15,17);2-4H,1H3,(H2,8,9). The number of pyridine rings is 4. The van der Waals surface area contributed by atoms with Crippen molar-refractivity contribution < 1.29 is 53.4 Å². The number of nitrogens with one attached hydrogen (secondary N) is 5. The van der Waals surface area contributed by atoms with Crippen LogP contribution in [0.25, 0.3) is 0 Å². The Balaban J connectivity index is 0.000000201. The van der Waals surface area contributed by atoms with Gasteiger partial charge in [-0.2, -0.15) is 0 Å². The van der Waals surface area contributed by atoms with Crippen LogP contribution in [0.15, 0.2) is 164 Å². The molecule has 21 heteroatoms. The summed E-state index contributed by atoms with van der Waals surface area (Å²) in [5, 5.41) is 25.0. The number of nitrogen functional groups attached to an aromatic ring is 1. The molecule has 0 aliphatic rings. The van der Waals surface area contributed by atoms with Crippen LogP contribution in [0.5, 0.6) is 0 Å². The molecule has 4 heterocycles. The van der Waals surface area contributed by atoms with Gasteiger partial charge in [-0.1, -0.05) is 54.6 Å². The number of rotatable bonds is 10. The van der Waals surface area contributed by atoms with Gasteiger partial charge in [-0.25, -0.2) is 30.5 Å². The second-order valence-corrected chi connectivity index (χ2v) is 13.1. The number of carbonyl (C=O) groups excluding carboxylic acids is 7. The molecule has 68 heavy (non-hydrogen) atoms. The third kappa shape index (κ3) is 16.4. The quantitative estimate of drug-likeness (QED) is 0.0478. The molecule has 21 nitrogen and oxygen atoms in total. The zero-order valence-electron chi connectivity index (χ0n) is 36.0. The Morgan fingerprint density at radius 1 is 0.412 bits per heavy atom. The Labute approximate surface area is 387 Å². The third-order valence-corrected chi connectivity index (χ3v) is 8.40. The van der Waals surface area contributed by atoms with E-state index in [1.54, 1.807) is 97.1 Å². The van der Waals surface area contributed by atoms with Crippen LogP contribution < -0.4 is 32.6 Å². The summed E-state index contributed by atoms with van der Waals surface area (Å²) in [7, 11) is 2.58. The lowest BCUT2D eigenvalue weighted by Crippen LogP contribution is -2.20. The fraction of sp³-hybridized carbons (Fsp3) is 0.0426. The average molecular weight is 923 g/mol. The highest BCUT2D eigenvalue weighted by Gasteiger charge is 2.13. The highest BCUT2D eigenvalue weighted by Crippen LogP contribution is 2.13. The predicted octanol–water partition coefficient (Wildman–Crippen LogP) is 5.48. The number of aromatic nitrogens is 4. The lowest BCUT2D eigenvalue weighted by molar-refractivity contribution is 0.0585. The van der Waals surface area contributed by atoms with E-state index in [4.69, 9.17) is 16.1 Å². The van der Waals surface area contributed by atoms with Crippen molar-refractivity contribution >= 4 is 64.2 Å². The van der Waals surface area contributed by atoms with Gasteiger partial charge in [-0.3, -0.25) is 44.4 Å². The first-order valence-corrected chi connectivity index (χ1v) is 19.6. The Morgan fingerprint density at radius 3 is 1.01 bits per heavy atom. The zero-order chi connectivity index (χ0) is 49.3. The van der Waals surface area contributed by atoms with Gasteiger partial charge < -0.3 is 31.2 Å². The van der Waals surface area contributed by atoms with Gasteiger partial charge in [0.05, 0.1) is 14.2 Å². The third-order valence-electron chi connectivity index (χ3n) is 8.40. The number of methoxy groups -OCH3 is 2. The molecule has 5 amide bonds. The molecule has 4 aromatic heterocycles. The molecule has 0 atom stereocenters. The van der Waals surface area contributed by atoms with Gasteiger partial charge in [0, 0.05) is 64.2 Å². The average Bonchev–Trinajstić information content (AvgIpc) is 3.39. The van der Waals surface area contributed by atoms with E-state index in [0.717, 1.165) is 0 Å². The summed E-state index contributed by atoms with van der Waals surface area (Å²) in [6, 6.07) is 38.1. The number of hydroxylamine groups is 2. The predicted molar refractivity (Wildman–Crippen MR) is 246 cm³/mol. The molecule has 7 rings (SSSR count). The fourth-order valence-electron chi connectivity index (χ4n) is 5.15. The van der Waals surface area contributed by atoms with Crippen molar-refractivity contribution in [1.29, 1.82) is 0 Å². The number of anilines is 4. The molecule has 3 aromatic carbocycles. The monoisotopic (exact) mass is 922 g/mol. The first kappa shape index (κ1) is 50.9. The Kier molecular flexibility index (Phi) is 20.1. The van der Waals surface area contributed by atoms with E-state index in [9.17, 15) is 33.6 Å². The number of amides is 5. The molecule has 0 unspecified atom stereocenters. The van der Waals surface area contributed by atoms with Crippen molar-refractivity contribution in [3.8, 4) is 0 Å². The Morgan fingerprint density at radius 2 is 0.706 bits per heavy atom. The van der Waals surface area contributed by atoms with Gasteiger partial charge in [0.25, 0.3) is 29.5 Å². The molecule has 0 saturated carbocycles. The summed E-state index contributed by atoms with van der Waals surface area (Å²) < 4.78 is 9.00. The largest absolute Gasteiger partial charge is 0.464 e. The minimum absolute atomic E-state index is 0.00774. The van der Waals surface area contributed by atoms with Crippen molar-refractivity contribution in [3.63, 3.8) is 0 Å². The zero-order valence-corrected chi connectivity index (χ0v) is 36.0. The molecule has 0 aliphatic carbocycles. The second kappa shape index (κ2) is 26.8. The minimum Gasteiger partial charge on any atom is -0.464 e. The number of ether oxygens (including phenoxy) is 2. The van der Waals surface area contributed by atoms with Crippen molar-refractivity contribution in [3.05, 3.63) is 204 Å². The normalized spacial score (nSPS) is 9.65. The molecule has 0 radical (unpaired) electrons. The highest BCUT2D eigenvalue weighted by atomic mass is 16.5. The van der Waals surface area contributed by atoms with E-state index < -0.39 is 23.8 Å². The lowest BCUT2D eigenvalue weighted by Gasteiger charge is -2.06. The smallest absolute Gasteiger partial charge is 0.356 e. The summed E-state index contributed by atoms with van der Waals surface area (Å²) >= 11 is 0. The van der Waals surface area contributed by atoms with E-state index >= 15 is 0 Å². The Bertz CT molecular complexity index is 2560. The maximum Gasteiger partial charge on any atom is 0.356 e. The number of esters is 2. The minimum atomic E-state index is -0.740. The van der Waals surface area contributed by atoms with Crippen molar-refractivity contribution in [1.82, 2.24) is 30.9 Å². The van der Waals surface area contributed by atoms with E-state index in [1.807, 2.05) is 18.2 Å². The van der Waals surface area contributed by atoms with Gasteiger partial charge in [0.2, 0.25) is 0 Å². The maximum absolute atomic E-state index is 11.9. The van der Waals surface area contributed by atoms with Gasteiger partial charge in [0.1, 0.15) is 22.8 Å². The van der Waals surface area contributed by atoms with Crippen LogP contribution in [0.2, 0.25) is 0 Å². The van der Waals surface area contributed by atoms with Crippen molar-refractivity contribution in [2.24, 2.45) is 0 Å². The number of hydrogen-bond donors (Lipinski definition) is 8. The van der Waals surface area contributed by atoms with Crippen LogP contribution >= 0.6 is 0 Å². The summed E-state index contributed by atoms with van der Waals surface area (Å²) in [4.78, 5) is 95.4. The molecule has 0 saturated heterocycles. The highest BCUT2D eigenvalue weighted by molar-refractivity contribution is 6.06. The number of benzene rings is 3. The van der Waals surface area contributed by atoms with E-state index in [-0.39, 0.29) is 40.5 Å². The second-order valence-electron chi connectivity index (χ2n) is 13.1. The van der Waals surface area contributed by atoms with E-state index in [0.29, 0.717) is 39.4 Å². The van der Waals surface area contributed by atoms with Gasteiger partial charge >= 0.3 is 11.9 Å². The van der Waals surface area contributed by atoms with Crippen LogP contribution in [0.4, 0.5) is 22.7 Å². The van der Waals surface area contributed by atoms with Gasteiger partial charge in [-0.05, 0) is 84.9 Å². The summed E-state index contributed by atoms with van der Waals surface area (Å²) in [6.45, 7) is 0. The number of carbonyl (C=O) groups is 7. The molecular formula is C47H42N10O11. The molecule has 0 fully saturated rings. The molecule has 0 aliphatic heterocycles. The molecule has 7 aromatic rings. The van der Waals surface area contributed by atoms with Crippen LogP contribution in [-0.2, 0) is 9.47 Å². The summed E-state index contributed by atoms with van der Waals surface area (Å²) in [5.41, 5.74) is 12.1. The maximum atomic E-state index is 11.9.